The van der Waals surface area contributed by atoms with Crippen LogP contribution in [0, 0.1) is 0 Å². The number of amidine groups is 1. The molecule has 0 radical (unpaired) electrons. The summed E-state index contributed by atoms with van der Waals surface area (Å²) in [6.07, 6.45) is -1.75. The Morgan fingerprint density at radius 2 is 2.38 bits per heavy atom. The van der Waals surface area contributed by atoms with Crippen LogP contribution < -0.4 is 5.32 Å². The molecule has 5 nitrogen and oxygen atoms in total. The van der Waals surface area contributed by atoms with Gasteiger partial charge in [0.1, 0.15) is 23.7 Å². The third-order valence-corrected chi connectivity index (χ3v) is 3.77. The number of hydrogen-bond donors (Lipinski definition) is 2. The van der Waals surface area contributed by atoms with Crippen molar-refractivity contribution >= 4 is 22.7 Å². The van der Waals surface area contributed by atoms with Gasteiger partial charge in [-0.3, -0.25) is 9.79 Å². The summed E-state index contributed by atoms with van der Waals surface area (Å²) in [5.41, 5.74) is 0.332. The fourth-order valence-electron chi connectivity index (χ4n) is 1.78. The highest BCUT2D eigenvalue weighted by Crippen LogP contribution is 2.33. The van der Waals surface area contributed by atoms with Crippen molar-refractivity contribution in [2.24, 2.45) is 4.99 Å². The van der Waals surface area contributed by atoms with Crippen molar-refractivity contribution in [2.45, 2.75) is 30.6 Å². The summed E-state index contributed by atoms with van der Waals surface area (Å²) >= 11 is 1.37. The molecule has 0 aromatic carbocycles. The fraction of sp³-hybridized carbons (Fsp3) is 0.600. The van der Waals surface area contributed by atoms with Crippen molar-refractivity contribution < 1.29 is 14.6 Å². The van der Waals surface area contributed by atoms with Crippen LogP contribution in [0.3, 0.4) is 0 Å². The van der Waals surface area contributed by atoms with Crippen LogP contribution in [0.5, 0.6) is 0 Å². The van der Waals surface area contributed by atoms with Crippen molar-refractivity contribution in [2.75, 3.05) is 7.05 Å². The highest BCUT2D eigenvalue weighted by molar-refractivity contribution is 8.14. The molecule has 4 atom stereocenters. The lowest BCUT2D eigenvalue weighted by molar-refractivity contribution is -0.149. The van der Waals surface area contributed by atoms with Gasteiger partial charge >= 0.3 is 0 Å². The summed E-state index contributed by atoms with van der Waals surface area (Å²) in [6.45, 7) is 5.46. The van der Waals surface area contributed by atoms with Gasteiger partial charge in [0.2, 0.25) is 0 Å². The van der Waals surface area contributed by atoms with Gasteiger partial charge < -0.3 is 15.2 Å². The van der Waals surface area contributed by atoms with Gasteiger partial charge in [-0.1, -0.05) is 18.3 Å². The molecule has 2 fully saturated rings. The van der Waals surface area contributed by atoms with Gasteiger partial charge in [0.25, 0.3) is 0 Å². The van der Waals surface area contributed by atoms with Gasteiger partial charge in [0.05, 0.1) is 0 Å². The Balaban J connectivity index is 2.22. The van der Waals surface area contributed by atoms with Gasteiger partial charge in [-0.2, -0.15) is 0 Å². The van der Waals surface area contributed by atoms with Gasteiger partial charge in [0.15, 0.2) is 11.0 Å². The molecule has 6 heteroatoms. The average Bonchev–Trinajstić information content (AvgIpc) is 2.66. The van der Waals surface area contributed by atoms with Crippen LogP contribution in [0.1, 0.15) is 6.92 Å². The maximum absolute atomic E-state index is 11.9. The summed E-state index contributed by atoms with van der Waals surface area (Å²) in [6, 6.07) is -0.505. The Morgan fingerprint density at radius 1 is 1.69 bits per heavy atom. The number of ether oxygens (including phenoxy) is 1. The number of carbonyl (C=O) groups is 1. The van der Waals surface area contributed by atoms with Crippen molar-refractivity contribution in [3.05, 3.63) is 12.2 Å². The molecule has 2 heterocycles. The number of carbonyl (C=O) groups excluding carboxylic acids is 1. The smallest absolute Gasteiger partial charge is 0.190 e. The highest BCUT2D eigenvalue weighted by Gasteiger charge is 2.48. The van der Waals surface area contributed by atoms with Crippen LogP contribution in [-0.4, -0.2) is 46.8 Å². The second-order valence-electron chi connectivity index (χ2n) is 3.89. The van der Waals surface area contributed by atoms with Crippen molar-refractivity contribution in [1.82, 2.24) is 5.32 Å². The lowest BCUT2D eigenvalue weighted by atomic mass is 9.96. The van der Waals surface area contributed by atoms with E-state index in [-0.39, 0.29) is 11.2 Å². The fourth-order valence-corrected chi connectivity index (χ4v) is 2.81. The zero-order valence-corrected chi connectivity index (χ0v) is 9.95. The number of aliphatic hydroxyl groups excluding tert-OH is 1. The molecular weight excluding hydrogens is 228 g/mol. The average molecular weight is 242 g/mol. The Labute approximate surface area is 98.0 Å². The van der Waals surface area contributed by atoms with E-state index >= 15 is 0 Å². The predicted octanol–water partition coefficient (Wildman–Crippen LogP) is -0.0918. The Bertz CT molecular complexity index is 369. The van der Waals surface area contributed by atoms with E-state index in [1.165, 1.54) is 11.8 Å². The van der Waals surface area contributed by atoms with E-state index in [2.05, 4.69) is 16.9 Å². The second kappa shape index (κ2) is 4.20. The highest BCUT2D eigenvalue weighted by atomic mass is 32.2. The zero-order valence-electron chi connectivity index (χ0n) is 9.14. The Morgan fingerprint density at radius 3 is 2.94 bits per heavy atom. The minimum Gasteiger partial charge on any atom is -0.382 e. The first kappa shape index (κ1) is 11.6. The number of Topliss-reactive ketones (excluding diaryl/α,β-unsaturated/α-hetero) is 1. The lowest BCUT2D eigenvalue weighted by Crippen LogP contribution is -2.56. The largest absolute Gasteiger partial charge is 0.382 e. The molecular formula is C10H14N2O3S. The summed E-state index contributed by atoms with van der Waals surface area (Å²) in [5.74, 6) is -0.254. The number of ketones is 1. The molecule has 2 aliphatic heterocycles. The van der Waals surface area contributed by atoms with Crippen molar-refractivity contribution in [3.63, 3.8) is 0 Å². The van der Waals surface area contributed by atoms with Gasteiger partial charge in [-0.05, 0) is 12.5 Å². The van der Waals surface area contributed by atoms with Crippen molar-refractivity contribution in [3.8, 4) is 0 Å². The SMILES string of the molecule is C=C(C)[C@H]1O[C@@H]2SC(=NC)N[C@@H]2C(=O)[C@@H]1O. The van der Waals surface area contributed by atoms with Gasteiger partial charge in [0, 0.05) is 7.05 Å². The van der Waals surface area contributed by atoms with E-state index in [0.29, 0.717) is 10.7 Å². The molecule has 2 saturated heterocycles. The lowest BCUT2D eigenvalue weighted by Gasteiger charge is -2.34. The van der Waals surface area contributed by atoms with E-state index in [4.69, 9.17) is 4.74 Å². The minimum atomic E-state index is -1.14. The molecule has 0 amide bonds. The summed E-state index contributed by atoms with van der Waals surface area (Å²) < 4.78 is 5.64. The monoisotopic (exact) mass is 242 g/mol. The van der Waals surface area contributed by atoms with E-state index in [9.17, 15) is 9.90 Å². The zero-order chi connectivity index (χ0) is 11.9. The maximum atomic E-state index is 11.9. The predicted molar refractivity (Wildman–Crippen MR) is 62.4 cm³/mol. The number of hydrogen-bond acceptors (Lipinski definition) is 5. The summed E-state index contributed by atoms with van der Waals surface area (Å²) in [5, 5.41) is 13.4. The van der Waals surface area contributed by atoms with Crippen LogP contribution in [0.25, 0.3) is 0 Å². The number of thioether (sulfide) groups is 1. The van der Waals surface area contributed by atoms with Crippen LogP contribution >= 0.6 is 11.8 Å². The number of nitrogens with zero attached hydrogens (tertiary/aromatic N) is 1. The molecule has 2 N–H and O–H groups in total. The van der Waals surface area contributed by atoms with Gasteiger partial charge in [-0.25, -0.2) is 0 Å². The van der Waals surface area contributed by atoms with Gasteiger partial charge in [-0.15, -0.1) is 0 Å². The van der Waals surface area contributed by atoms with Crippen LogP contribution in [-0.2, 0) is 9.53 Å². The van der Waals surface area contributed by atoms with E-state index in [0.717, 1.165) is 0 Å². The number of aliphatic imine (C=N–C) groups is 1. The molecule has 0 aromatic heterocycles. The number of rotatable bonds is 1. The third kappa shape index (κ3) is 1.77. The molecule has 0 unspecified atom stereocenters. The molecule has 2 rings (SSSR count). The first-order chi connectivity index (χ1) is 7.54. The Kier molecular flexibility index (Phi) is 3.05. The minimum absolute atomic E-state index is 0.254. The topological polar surface area (TPSA) is 70.9 Å². The number of nitrogens with one attached hydrogen (secondary N) is 1. The number of aliphatic hydroxyl groups is 1. The summed E-state index contributed by atoms with van der Waals surface area (Å²) in [7, 11) is 1.64. The second-order valence-corrected chi connectivity index (χ2v) is 4.97. The first-order valence-electron chi connectivity index (χ1n) is 4.97. The molecule has 2 aliphatic rings. The molecule has 88 valence electrons. The first-order valence-corrected chi connectivity index (χ1v) is 5.85. The molecule has 0 spiro atoms. The Hall–Kier alpha value is -0.850. The normalized spacial score (nSPS) is 40.7. The maximum Gasteiger partial charge on any atom is 0.190 e. The molecule has 0 bridgehead atoms. The van der Waals surface area contributed by atoms with E-state index in [1.54, 1.807) is 14.0 Å². The van der Waals surface area contributed by atoms with Crippen LogP contribution in [0.2, 0.25) is 0 Å². The molecule has 16 heavy (non-hydrogen) atoms. The number of fused-ring (bicyclic) bond motifs is 1. The van der Waals surface area contributed by atoms with E-state index < -0.39 is 18.2 Å². The molecule has 0 aromatic rings. The quantitative estimate of drug-likeness (QED) is 0.629. The standard InChI is InChI=1S/C10H14N2O3S/c1-4(2)8-7(14)6(13)5-9(15-8)16-10(11-3)12-5/h5,7-9,14H,1H2,2-3H3,(H,11,12)/t5-,7+,8-,9-/m1/s1. The molecule has 0 aliphatic carbocycles. The van der Waals surface area contributed by atoms with E-state index in [1.807, 2.05) is 0 Å². The van der Waals surface area contributed by atoms with Crippen LogP contribution in [0.15, 0.2) is 17.1 Å². The summed E-state index contributed by atoms with van der Waals surface area (Å²) in [4.78, 5) is 15.9. The third-order valence-electron chi connectivity index (χ3n) is 2.63. The molecule has 0 saturated carbocycles. The van der Waals surface area contributed by atoms with Crippen molar-refractivity contribution in [1.29, 1.82) is 0 Å². The van der Waals surface area contributed by atoms with Crippen LogP contribution in [0.4, 0.5) is 0 Å².